The summed E-state index contributed by atoms with van der Waals surface area (Å²) in [7, 11) is 0. The molecule has 1 unspecified atom stereocenters. The molecule has 1 aromatic rings. The first-order valence-electron chi connectivity index (χ1n) is 6.44. The minimum atomic E-state index is 0.480. The number of nitrogens with one attached hydrogen (secondary N) is 1. The van der Waals surface area contributed by atoms with Gasteiger partial charge < -0.3 is 16.0 Å². The summed E-state index contributed by atoms with van der Waals surface area (Å²) < 4.78 is 0. The van der Waals surface area contributed by atoms with Gasteiger partial charge in [0.15, 0.2) is 0 Å². The zero-order valence-electron chi connectivity index (χ0n) is 10.2. The van der Waals surface area contributed by atoms with Gasteiger partial charge in [-0.05, 0) is 31.9 Å². The van der Waals surface area contributed by atoms with E-state index in [1.165, 1.54) is 25.8 Å². The Labute approximate surface area is 102 Å². The lowest BCUT2D eigenvalue weighted by Gasteiger charge is -2.41. The molecule has 0 amide bonds. The van der Waals surface area contributed by atoms with E-state index in [2.05, 4.69) is 15.2 Å². The Morgan fingerprint density at radius 1 is 1.41 bits per heavy atom. The minimum Gasteiger partial charge on any atom is -0.396 e. The lowest BCUT2D eigenvalue weighted by atomic mass is 9.79. The highest BCUT2D eigenvalue weighted by Crippen LogP contribution is 2.38. The summed E-state index contributed by atoms with van der Waals surface area (Å²) in [5, 5.41) is 3.50. The third kappa shape index (κ3) is 1.97. The zero-order valence-corrected chi connectivity index (χ0v) is 10.2. The van der Waals surface area contributed by atoms with E-state index in [1.807, 2.05) is 12.3 Å². The van der Waals surface area contributed by atoms with Gasteiger partial charge in [-0.25, -0.2) is 0 Å². The molecule has 92 valence electrons. The molecule has 1 aromatic heterocycles. The molecule has 3 N–H and O–H groups in total. The predicted octanol–water partition coefficient (Wildman–Crippen LogP) is 1.24. The van der Waals surface area contributed by atoms with Gasteiger partial charge in [0.25, 0.3) is 0 Å². The molecule has 2 saturated heterocycles. The largest absolute Gasteiger partial charge is 0.396 e. The minimum absolute atomic E-state index is 0.480. The first kappa shape index (κ1) is 10.8. The maximum Gasteiger partial charge on any atom is 0.0738 e. The second-order valence-corrected chi connectivity index (χ2v) is 5.39. The smallest absolute Gasteiger partial charge is 0.0738 e. The van der Waals surface area contributed by atoms with Crippen LogP contribution in [-0.4, -0.2) is 31.2 Å². The van der Waals surface area contributed by atoms with Gasteiger partial charge in [-0.3, -0.25) is 4.98 Å². The standard InChI is InChI=1S/C13H20N4/c14-11-8-15-5-2-12(11)17-7-1-3-13(10-17)4-6-16-9-13/h2,5,8,16H,1,3-4,6-7,9-10,14H2. The average Bonchev–Trinajstić information content (AvgIpc) is 2.78. The van der Waals surface area contributed by atoms with Crippen LogP contribution in [0, 0.1) is 5.41 Å². The van der Waals surface area contributed by atoms with Gasteiger partial charge in [-0.2, -0.15) is 0 Å². The Hall–Kier alpha value is -1.29. The lowest BCUT2D eigenvalue weighted by molar-refractivity contribution is 0.261. The topological polar surface area (TPSA) is 54.2 Å². The lowest BCUT2D eigenvalue weighted by Crippen LogP contribution is -2.44. The molecule has 0 aromatic carbocycles. The number of rotatable bonds is 1. The quantitative estimate of drug-likeness (QED) is 0.765. The van der Waals surface area contributed by atoms with Crippen molar-refractivity contribution < 1.29 is 0 Å². The highest BCUT2D eigenvalue weighted by Gasteiger charge is 2.38. The second kappa shape index (κ2) is 4.18. The van der Waals surface area contributed by atoms with Crippen molar-refractivity contribution in [2.45, 2.75) is 19.3 Å². The number of anilines is 2. The highest BCUT2D eigenvalue weighted by atomic mass is 15.2. The third-order valence-electron chi connectivity index (χ3n) is 4.16. The van der Waals surface area contributed by atoms with Gasteiger partial charge in [0.1, 0.15) is 0 Å². The van der Waals surface area contributed by atoms with Gasteiger partial charge in [0.2, 0.25) is 0 Å². The van der Waals surface area contributed by atoms with Gasteiger partial charge in [-0.15, -0.1) is 0 Å². The number of nitrogens with zero attached hydrogens (tertiary/aromatic N) is 2. The summed E-state index contributed by atoms with van der Waals surface area (Å²) in [5.74, 6) is 0. The molecule has 4 nitrogen and oxygen atoms in total. The molecule has 2 aliphatic heterocycles. The average molecular weight is 232 g/mol. The van der Waals surface area contributed by atoms with Crippen LogP contribution in [0.5, 0.6) is 0 Å². The molecular weight excluding hydrogens is 212 g/mol. The molecule has 17 heavy (non-hydrogen) atoms. The second-order valence-electron chi connectivity index (χ2n) is 5.39. The first-order valence-corrected chi connectivity index (χ1v) is 6.44. The SMILES string of the molecule is Nc1cnccc1N1CCCC2(CCNC2)C1. The number of nitrogens with two attached hydrogens (primary N) is 1. The van der Waals surface area contributed by atoms with Crippen LogP contribution in [0.25, 0.3) is 0 Å². The van der Waals surface area contributed by atoms with E-state index in [4.69, 9.17) is 5.73 Å². The van der Waals surface area contributed by atoms with Crippen LogP contribution in [0.2, 0.25) is 0 Å². The van der Waals surface area contributed by atoms with Crippen molar-refractivity contribution in [1.29, 1.82) is 0 Å². The molecule has 4 heteroatoms. The molecule has 3 rings (SSSR count). The normalized spacial score (nSPS) is 28.8. The van der Waals surface area contributed by atoms with Crippen molar-refractivity contribution in [1.82, 2.24) is 10.3 Å². The van der Waals surface area contributed by atoms with Gasteiger partial charge in [0.05, 0.1) is 17.6 Å². The fourth-order valence-corrected chi connectivity index (χ4v) is 3.24. The Morgan fingerprint density at radius 2 is 2.35 bits per heavy atom. The highest BCUT2D eigenvalue weighted by molar-refractivity contribution is 5.66. The van der Waals surface area contributed by atoms with E-state index in [0.29, 0.717) is 5.41 Å². The van der Waals surface area contributed by atoms with Crippen molar-refractivity contribution in [2.24, 2.45) is 5.41 Å². The number of hydrogen-bond donors (Lipinski definition) is 2. The number of piperidine rings is 1. The summed E-state index contributed by atoms with van der Waals surface area (Å²) in [6.45, 7) is 4.58. The van der Waals surface area contributed by atoms with Gasteiger partial charge >= 0.3 is 0 Å². The number of pyridine rings is 1. The summed E-state index contributed by atoms with van der Waals surface area (Å²) >= 11 is 0. The van der Waals surface area contributed by atoms with Gasteiger partial charge in [0, 0.05) is 31.2 Å². The Kier molecular flexibility index (Phi) is 2.67. The van der Waals surface area contributed by atoms with E-state index < -0.39 is 0 Å². The van der Waals surface area contributed by atoms with Crippen molar-refractivity contribution >= 4 is 11.4 Å². The summed E-state index contributed by atoms with van der Waals surface area (Å²) in [6, 6.07) is 2.04. The van der Waals surface area contributed by atoms with Crippen LogP contribution in [0.15, 0.2) is 18.5 Å². The summed E-state index contributed by atoms with van der Waals surface area (Å²) in [6.07, 6.45) is 7.50. The first-order chi connectivity index (χ1) is 8.29. The fraction of sp³-hybridized carbons (Fsp3) is 0.615. The molecule has 0 aliphatic carbocycles. The van der Waals surface area contributed by atoms with E-state index >= 15 is 0 Å². The molecule has 0 saturated carbocycles. The van der Waals surface area contributed by atoms with Crippen LogP contribution in [0.1, 0.15) is 19.3 Å². The van der Waals surface area contributed by atoms with E-state index in [9.17, 15) is 0 Å². The molecule has 3 heterocycles. The molecule has 2 fully saturated rings. The monoisotopic (exact) mass is 232 g/mol. The number of nitrogen functional groups attached to an aromatic ring is 1. The predicted molar refractivity (Wildman–Crippen MR) is 70.0 cm³/mol. The van der Waals surface area contributed by atoms with Crippen LogP contribution in [0.4, 0.5) is 11.4 Å². The Morgan fingerprint density at radius 3 is 3.12 bits per heavy atom. The van der Waals surface area contributed by atoms with Crippen molar-refractivity contribution in [3.63, 3.8) is 0 Å². The van der Waals surface area contributed by atoms with Crippen LogP contribution in [-0.2, 0) is 0 Å². The molecular formula is C13H20N4. The summed E-state index contributed by atoms with van der Waals surface area (Å²) in [4.78, 5) is 6.50. The van der Waals surface area contributed by atoms with Crippen molar-refractivity contribution in [2.75, 3.05) is 36.8 Å². The summed E-state index contributed by atoms with van der Waals surface area (Å²) in [5.41, 5.74) is 8.46. The van der Waals surface area contributed by atoms with Crippen molar-refractivity contribution in [3.05, 3.63) is 18.5 Å². The Balaban J connectivity index is 1.82. The third-order valence-corrected chi connectivity index (χ3v) is 4.16. The van der Waals surface area contributed by atoms with Crippen molar-refractivity contribution in [3.8, 4) is 0 Å². The van der Waals surface area contributed by atoms with Gasteiger partial charge in [-0.1, -0.05) is 0 Å². The fourth-order valence-electron chi connectivity index (χ4n) is 3.24. The van der Waals surface area contributed by atoms with Crippen LogP contribution < -0.4 is 16.0 Å². The maximum absolute atomic E-state index is 6.02. The van der Waals surface area contributed by atoms with E-state index in [0.717, 1.165) is 31.0 Å². The molecule has 0 bridgehead atoms. The number of hydrogen-bond acceptors (Lipinski definition) is 4. The molecule has 2 aliphatic rings. The Bertz CT molecular complexity index is 398. The molecule has 1 spiro atoms. The molecule has 0 radical (unpaired) electrons. The van der Waals surface area contributed by atoms with E-state index in [1.54, 1.807) is 6.20 Å². The molecule has 1 atom stereocenters. The number of aromatic nitrogens is 1. The van der Waals surface area contributed by atoms with Crippen LogP contribution in [0.3, 0.4) is 0 Å². The zero-order chi connectivity index (χ0) is 11.7. The van der Waals surface area contributed by atoms with E-state index in [-0.39, 0.29) is 0 Å². The van der Waals surface area contributed by atoms with Crippen LogP contribution >= 0.6 is 0 Å². The maximum atomic E-state index is 6.02.